The van der Waals surface area contributed by atoms with E-state index in [-0.39, 0.29) is 24.4 Å². The SMILES string of the molecule is CCCCC/C=C\C/C=C\CCCCCCCCOC(C[N+](C)(C)C)[C@H]1OC[C@H](OCCCCCCCC/C=C\C/C=C\CCCCC)[C@H]1OCCCCCCCC/C=C\C/C=C\CCCCC. The minimum Gasteiger partial charge on any atom is -0.373 e. The van der Waals surface area contributed by atoms with Gasteiger partial charge in [-0.3, -0.25) is 0 Å². The molecular formula is C63H116NO4+. The van der Waals surface area contributed by atoms with E-state index in [1.54, 1.807) is 0 Å². The van der Waals surface area contributed by atoms with E-state index in [1.807, 2.05) is 0 Å². The molecule has 0 aromatic rings. The molecule has 0 saturated carbocycles. The first-order valence-corrected chi connectivity index (χ1v) is 29.6. The van der Waals surface area contributed by atoms with E-state index in [1.165, 1.54) is 193 Å². The Bertz CT molecular complexity index is 1210. The third-order valence-corrected chi connectivity index (χ3v) is 13.2. The number of hydrogen-bond donors (Lipinski definition) is 0. The molecule has 1 heterocycles. The van der Waals surface area contributed by atoms with Crippen molar-refractivity contribution in [2.45, 2.75) is 276 Å². The number of ether oxygens (including phenoxy) is 4. The molecule has 5 nitrogen and oxygen atoms in total. The van der Waals surface area contributed by atoms with Gasteiger partial charge in [-0.05, 0) is 116 Å². The van der Waals surface area contributed by atoms with Crippen LogP contribution in [0.5, 0.6) is 0 Å². The molecule has 1 saturated heterocycles. The molecule has 396 valence electrons. The van der Waals surface area contributed by atoms with Crippen LogP contribution in [0.3, 0.4) is 0 Å². The fraction of sp³-hybridized carbons (Fsp3) is 0.810. The highest BCUT2D eigenvalue weighted by molar-refractivity contribution is 4.95. The Kier molecular flexibility index (Phi) is 47.4. The van der Waals surface area contributed by atoms with Gasteiger partial charge >= 0.3 is 0 Å². The summed E-state index contributed by atoms with van der Waals surface area (Å²) in [4.78, 5) is 0. The summed E-state index contributed by atoms with van der Waals surface area (Å²) in [6.07, 6.45) is 73.2. The van der Waals surface area contributed by atoms with Crippen LogP contribution in [-0.2, 0) is 18.9 Å². The van der Waals surface area contributed by atoms with Gasteiger partial charge in [-0.2, -0.15) is 0 Å². The van der Waals surface area contributed by atoms with Gasteiger partial charge in [0.25, 0.3) is 0 Å². The number of hydrogen-bond acceptors (Lipinski definition) is 4. The number of quaternary nitrogens is 1. The molecule has 4 atom stereocenters. The molecule has 1 unspecified atom stereocenters. The molecule has 0 radical (unpaired) electrons. The largest absolute Gasteiger partial charge is 0.373 e. The highest BCUT2D eigenvalue weighted by Gasteiger charge is 2.45. The number of nitrogens with zero attached hydrogens (tertiary/aromatic N) is 1. The summed E-state index contributed by atoms with van der Waals surface area (Å²) in [5.41, 5.74) is 0. The Morgan fingerprint density at radius 1 is 0.397 bits per heavy atom. The van der Waals surface area contributed by atoms with Crippen LogP contribution >= 0.6 is 0 Å². The monoisotopic (exact) mass is 951 g/mol. The fourth-order valence-corrected chi connectivity index (χ4v) is 9.02. The molecule has 1 aliphatic heterocycles. The van der Waals surface area contributed by atoms with Crippen LogP contribution < -0.4 is 0 Å². The summed E-state index contributed by atoms with van der Waals surface area (Å²) in [5, 5.41) is 0. The maximum Gasteiger partial charge on any atom is 0.135 e. The minimum absolute atomic E-state index is 0.00991. The Hall–Kier alpha value is -1.76. The van der Waals surface area contributed by atoms with Crippen LogP contribution in [0, 0.1) is 0 Å². The topological polar surface area (TPSA) is 36.9 Å². The highest BCUT2D eigenvalue weighted by atomic mass is 16.6. The van der Waals surface area contributed by atoms with Crippen molar-refractivity contribution in [1.82, 2.24) is 0 Å². The normalized spacial score (nSPS) is 17.6. The van der Waals surface area contributed by atoms with Gasteiger partial charge in [0.2, 0.25) is 0 Å². The van der Waals surface area contributed by atoms with E-state index in [2.05, 4.69) is 115 Å². The first-order chi connectivity index (χ1) is 33.4. The number of unbranched alkanes of at least 4 members (excludes halogenated alkanes) is 27. The summed E-state index contributed by atoms with van der Waals surface area (Å²) in [5.74, 6) is 0. The van der Waals surface area contributed by atoms with E-state index in [0.717, 1.165) is 69.4 Å². The smallest absolute Gasteiger partial charge is 0.135 e. The number of rotatable bonds is 51. The zero-order chi connectivity index (χ0) is 49.1. The van der Waals surface area contributed by atoms with Gasteiger partial charge in [0, 0.05) is 19.8 Å². The summed E-state index contributed by atoms with van der Waals surface area (Å²) < 4.78 is 27.7. The van der Waals surface area contributed by atoms with Crippen LogP contribution in [-0.4, -0.2) is 83.0 Å². The van der Waals surface area contributed by atoms with Crippen molar-refractivity contribution in [3.63, 3.8) is 0 Å². The maximum absolute atomic E-state index is 6.79. The first-order valence-electron chi connectivity index (χ1n) is 29.6. The van der Waals surface area contributed by atoms with Crippen molar-refractivity contribution < 1.29 is 23.4 Å². The molecule has 0 aromatic carbocycles. The molecule has 0 bridgehead atoms. The predicted octanol–water partition coefficient (Wildman–Crippen LogP) is 18.7. The Morgan fingerprint density at radius 3 is 1.09 bits per heavy atom. The number of likely N-dealkylation sites (N-methyl/N-ethyl adjacent to an activating group) is 1. The molecule has 1 rings (SSSR count). The second-order valence-electron chi connectivity index (χ2n) is 21.2. The lowest BCUT2D eigenvalue weighted by atomic mass is 10.0. The second-order valence-corrected chi connectivity index (χ2v) is 21.2. The molecule has 68 heavy (non-hydrogen) atoms. The molecule has 0 N–H and O–H groups in total. The lowest BCUT2D eigenvalue weighted by Crippen LogP contribution is -2.51. The summed E-state index contributed by atoms with van der Waals surface area (Å²) >= 11 is 0. The van der Waals surface area contributed by atoms with E-state index in [4.69, 9.17) is 18.9 Å². The standard InChI is InChI=1S/C63H116NO4/c1-7-10-13-16-19-22-25-28-31-34-37-40-43-46-49-52-55-65-60(58-64(4,5)6)62-63(67-57-54-51-48-45-42-39-36-33-30-27-24-21-18-15-12-9-3)61(59-68-62)66-56-53-50-47-44-41-38-35-32-29-26-23-20-17-14-11-8-2/h19-24,28-33,60-63H,7-18,25-27,34-59H2,1-6H3/q+1/b22-19-,23-20-,24-21-,31-28-,32-29-,33-30-/t60?,61-,62+,63+/m0/s1. The van der Waals surface area contributed by atoms with Crippen molar-refractivity contribution in [1.29, 1.82) is 0 Å². The Labute approximate surface area is 425 Å². The average Bonchev–Trinajstić information content (AvgIpc) is 3.73. The highest BCUT2D eigenvalue weighted by Crippen LogP contribution is 2.27. The Morgan fingerprint density at radius 2 is 0.721 bits per heavy atom. The Balaban J connectivity index is 2.52. The van der Waals surface area contributed by atoms with Crippen molar-refractivity contribution in [2.75, 3.05) is 54.1 Å². The van der Waals surface area contributed by atoms with E-state index < -0.39 is 0 Å². The zero-order valence-electron chi connectivity index (χ0n) is 46.3. The summed E-state index contributed by atoms with van der Waals surface area (Å²) in [6.45, 7) is 10.7. The van der Waals surface area contributed by atoms with Crippen LogP contribution in [0.1, 0.15) is 252 Å². The molecule has 0 spiro atoms. The van der Waals surface area contributed by atoms with Crippen molar-refractivity contribution in [3.05, 3.63) is 72.9 Å². The fourth-order valence-electron chi connectivity index (χ4n) is 9.02. The van der Waals surface area contributed by atoms with Gasteiger partial charge in [-0.15, -0.1) is 0 Å². The van der Waals surface area contributed by atoms with E-state index >= 15 is 0 Å². The van der Waals surface area contributed by atoms with Gasteiger partial charge in [-0.1, -0.05) is 209 Å². The summed E-state index contributed by atoms with van der Waals surface area (Å²) in [6, 6.07) is 0. The maximum atomic E-state index is 6.79. The van der Waals surface area contributed by atoms with E-state index in [9.17, 15) is 0 Å². The van der Waals surface area contributed by atoms with Gasteiger partial charge in [0.1, 0.15) is 31.0 Å². The average molecular weight is 952 g/mol. The van der Waals surface area contributed by atoms with Crippen molar-refractivity contribution >= 4 is 0 Å². The van der Waals surface area contributed by atoms with Gasteiger partial charge in [-0.25, -0.2) is 0 Å². The molecule has 0 aromatic heterocycles. The zero-order valence-corrected chi connectivity index (χ0v) is 46.3. The molecular weight excluding hydrogens is 835 g/mol. The van der Waals surface area contributed by atoms with Crippen LogP contribution in [0.4, 0.5) is 0 Å². The van der Waals surface area contributed by atoms with Crippen LogP contribution in [0.15, 0.2) is 72.9 Å². The quantitative estimate of drug-likeness (QED) is 0.0346. The molecule has 1 aliphatic rings. The molecule has 0 aliphatic carbocycles. The minimum atomic E-state index is -0.0950. The second kappa shape index (κ2) is 50.2. The lowest BCUT2D eigenvalue weighted by Gasteiger charge is -2.34. The van der Waals surface area contributed by atoms with Crippen molar-refractivity contribution in [2.24, 2.45) is 0 Å². The third-order valence-electron chi connectivity index (χ3n) is 13.2. The molecule has 1 fully saturated rings. The first kappa shape index (κ1) is 64.3. The van der Waals surface area contributed by atoms with Crippen LogP contribution in [0.2, 0.25) is 0 Å². The van der Waals surface area contributed by atoms with Crippen LogP contribution in [0.25, 0.3) is 0 Å². The van der Waals surface area contributed by atoms with Gasteiger partial charge < -0.3 is 23.4 Å². The third kappa shape index (κ3) is 43.1. The molecule has 0 amide bonds. The number of allylic oxidation sites excluding steroid dienone is 12. The van der Waals surface area contributed by atoms with Gasteiger partial charge in [0.15, 0.2) is 0 Å². The van der Waals surface area contributed by atoms with Gasteiger partial charge in [0.05, 0.1) is 27.7 Å². The van der Waals surface area contributed by atoms with E-state index in [0.29, 0.717) is 6.61 Å². The van der Waals surface area contributed by atoms with Crippen molar-refractivity contribution in [3.8, 4) is 0 Å². The predicted molar refractivity (Wildman–Crippen MR) is 300 cm³/mol. The molecule has 5 heteroatoms. The lowest BCUT2D eigenvalue weighted by molar-refractivity contribution is -0.874. The summed E-state index contributed by atoms with van der Waals surface area (Å²) in [7, 11) is 6.81.